The van der Waals surface area contributed by atoms with E-state index in [0.29, 0.717) is 18.4 Å². The molecule has 1 amide bonds. The Hall–Kier alpha value is -1.88. The molecule has 22 heavy (non-hydrogen) atoms. The molecule has 0 spiro atoms. The molecule has 1 saturated heterocycles. The van der Waals surface area contributed by atoms with Crippen LogP contribution < -0.4 is 10.6 Å². The third-order valence-corrected chi connectivity index (χ3v) is 4.27. The maximum atomic E-state index is 12.2. The number of hydrogen-bond donors (Lipinski definition) is 2. The predicted molar refractivity (Wildman–Crippen MR) is 89.0 cm³/mol. The van der Waals surface area contributed by atoms with Gasteiger partial charge in [-0.25, -0.2) is 0 Å². The summed E-state index contributed by atoms with van der Waals surface area (Å²) >= 11 is 0. The molecule has 118 valence electrons. The summed E-state index contributed by atoms with van der Waals surface area (Å²) in [7, 11) is 0. The van der Waals surface area contributed by atoms with Gasteiger partial charge in [-0.15, -0.1) is 0 Å². The Morgan fingerprint density at radius 3 is 2.91 bits per heavy atom. The lowest BCUT2D eigenvalue weighted by atomic mass is 9.94. The summed E-state index contributed by atoms with van der Waals surface area (Å²) in [5, 5.41) is 11.9. The second-order valence-electron chi connectivity index (χ2n) is 6.42. The van der Waals surface area contributed by atoms with E-state index in [4.69, 9.17) is 0 Å². The molecular weight excluding hydrogens is 276 g/mol. The van der Waals surface area contributed by atoms with E-state index in [0.717, 1.165) is 42.5 Å². The normalized spacial score (nSPS) is 16.3. The number of aromatic nitrogens is 2. The van der Waals surface area contributed by atoms with Gasteiger partial charge in [0.2, 0.25) is 5.91 Å². The quantitative estimate of drug-likeness (QED) is 0.912. The van der Waals surface area contributed by atoms with Crippen LogP contribution in [-0.4, -0.2) is 28.8 Å². The standard InChI is InChI=1S/C17H24N4O/c1-12(2)21-11-14-10-15(3-4-16(14)20-21)19-17(22)9-13-5-7-18-8-6-13/h3-4,10-13,18H,5-9H2,1-2H3,(H,19,22). The molecule has 0 saturated carbocycles. The van der Waals surface area contributed by atoms with Crippen molar-refractivity contribution >= 4 is 22.5 Å². The van der Waals surface area contributed by atoms with Crippen LogP contribution in [0.2, 0.25) is 0 Å². The molecule has 1 aromatic carbocycles. The summed E-state index contributed by atoms with van der Waals surface area (Å²) in [6.07, 6.45) is 4.83. The van der Waals surface area contributed by atoms with Crippen LogP contribution in [0.4, 0.5) is 5.69 Å². The molecule has 0 bridgehead atoms. The van der Waals surface area contributed by atoms with E-state index in [2.05, 4.69) is 29.6 Å². The lowest BCUT2D eigenvalue weighted by Gasteiger charge is -2.21. The van der Waals surface area contributed by atoms with Crippen molar-refractivity contribution in [3.63, 3.8) is 0 Å². The Bertz CT molecular complexity index is 656. The van der Waals surface area contributed by atoms with Crippen LogP contribution in [0.3, 0.4) is 0 Å². The summed E-state index contributed by atoms with van der Waals surface area (Å²) in [6.45, 7) is 6.26. The Labute approximate surface area is 131 Å². The molecule has 3 rings (SSSR count). The number of carbonyl (C=O) groups is 1. The summed E-state index contributed by atoms with van der Waals surface area (Å²) in [5.74, 6) is 0.621. The van der Waals surface area contributed by atoms with Gasteiger partial charge in [-0.3, -0.25) is 9.48 Å². The van der Waals surface area contributed by atoms with Gasteiger partial charge < -0.3 is 10.6 Å². The highest BCUT2D eigenvalue weighted by molar-refractivity contribution is 5.93. The third kappa shape index (κ3) is 3.47. The van der Waals surface area contributed by atoms with E-state index in [1.54, 1.807) is 0 Å². The molecule has 1 aromatic heterocycles. The van der Waals surface area contributed by atoms with Crippen LogP contribution in [0.15, 0.2) is 24.4 Å². The third-order valence-electron chi connectivity index (χ3n) is 4.27. The number of nitrogens with one attached hydrogen (secondary N) is 2. The monoisotopic (exact) mass is 300 g/mol. The molecule has 0 radical (unpaired) electrons. The van der Waals surface area contributed by atoms with Crippen LogP contribution in [-0.2, 0) is 4.79 Å². The van der Waals surface area contributed by atoms with Crippen molar-refractivity contribution in [1.29, 1.82) is 0 Å². The highest BCUT2D eigenvalue weighted by atomic mass is 16.1. The number of nitrogens with zero attached hydrogens (tertiary/aromatic N) is 2. The molecule has 1 fully saturated rings. The summed E-state index contributed by atoms with van der Waals surface area (Å²) < 4.78 is 1.95. The number of carbonyl (C=O) groups excluding carboxylic acids is 1. The number of benzene rings is 1. The Kier molecular flexibility index (Phi) is 4.43. The second-order valence-corrected chi connectivity index (χ2v) is 6.42. The summed E-state index contributed by atoms with van der Waals surface area (Å²) in [4.78, 5) is 12.2. The second kappa shape index (κ2) is 6.48. The number of rotatable bonds is 4. The van der Waals surface area contributed by atoms with Crippen LogP contribution in [0, 0.1) is 5.92 Å². The van der Waals surface area contributed by atoms with Crippen LogP contribution in [0.25, 0.3) is 10.9 Å². The molecule has 1 aliphatic heterocycles. The highest BCUT2D eigenvalue weighted by Gasteiger charge is 2.17. The van der Waals surface area contributed by atoms with Gasteiger partial charge in [0, 0.05) is 29.7 Å². The number of anilines is 1. The topological polar surface area (TPSA) is 59.0 Å². The van der Waals surface area contributed by atoms with E-state index >= 15 is 0 Å². The number of piperidine rings is 1. The van der Waals surface area contributed by atoms with Crippen molar-refractivity contribution in [2.45, 2.75) is 39.2 Å². The van der Waals surface area contributed by atoms with E-state index in [9.17, 15) is 4.79 Å². The molecule has 1 aliphatic rings. The fourth-order valence-corrected chi connectivity index (χ4v) is 2.95. The highest BCUT2D eigenvalue weighted by Crippen LogP contribution is 2.21. The molecule has 5 heteroatoms. The van der Waals surface area contributed by atoms with E-state index in [1.807, 2.05) is 29.1 Å². The smallest absolute Gasteiger partial charge is 0.224 e. The minimum absolute atomic E-state index is 0.113. The molecule has 2 aromatic rings. The Balaban J connectivity index is 1.66. The van der Waals surface area contributed by atoms with Crippen molar-refractivity contribution in [2.24, 2.45) is 5.92 Å². The first-order chi connectivity index (χ1) is 10.6. The molecule has 5 nitrogen and oxygen atoms in total. The molecule has 2 N–H and O–H groups in total. The van der Waals surface area contributed by atoms with Gasteiger partial charge in [0.1, 0.15) is 0 Å². The predicted octanol–water partition coefficient (Wildman–Crippen LogP) is 2.95. The van der Waals surface area contributed by atoms with Gasteiger partial charge in [-0.05, 0) is 63.9 Å². The molecular formula is C17H24N4O. The molecule has 2 heterocycles. The van der Waals surface area contributed by atoms with E-state index in [-0.39, 0.29) is 5.91 Å². The van der Waals surface area contributed by atoms with Crippen molar-refractivity contribution in [3.05, 3.63) is 24.4 Å². The largest absolute Gasteiger partial charge is 0.326 e. The van der Waals surface area contributed by atoms with Gasteiger partial charge in [0.15, 0.2) is 0 Å². The van der Waals surface area contributed by atoms with Crippen molar-refractivity contribution in [2.75, 3.05) is 18.4 Å². The first-order valence-corrected chi connectivity index (χ1v) is 8.11. The van der Waals surface area contributed by atoms with Crippen molar-refractivity contribution in [1.82, 2.24) is 15.1 Å². The van der Waals surface area contributed by atoms with Gasteiger partial charge in [-0.1, -0.05) is 0 Å². The zero-order chi connectivity index (χ0) is 15.5. The Morgan fingerprint density at radius 1 is 1.41 bits per heavy atom. The fraction of sp³-hybridized carbons (Fsp3) is 0.529. The van der Waals surface area contributed by atoms with Gasteiger partial charge in [0.05, 0.1) is 5.52 Å². The SMILES string of the molecule is CC(C)n1cc2cc(NC(=O)CC3CCNCC3)ccc2n1. The molecule has 0 unspecified atom stereocenters. The van der Waals surface area contributed by atoms with Crippen molar-refractivity contribution < 1.29 is 4.79 Å². The maximum Gasteiger partial charge on any atom is 0.224 e. The fourth-order valence-electron chi connectivity index (χ4n) is 2.95. The number of hydrogen-bond acceptors (Lipinski definition) is 3. The maximum absolute atomic E-state index is 12.2. The van der Waals surface area contributed by atoms with E-state index < -0.39 is 0 Å². The van der Waals surface area contributed by atoms with E-state index in [1.165, 1.54) is 0 Å². The van der Waals surface area contributed by atoms with Gasteiger partial charge in [0.25, 0.3) is 0 Å². The van der Waals surface area contributed by atoms with Crippen molar-refractivity contribution in [3.8, 4) is 0 Å². The van der Waals surface area contributed by atoms with Crippen LogP contribution in [0.1, 0.15) is 39.2 Å². The molecule has 0 aliphatic carbocycles. The minimum atomic E-state index is 0.113. The Morgan fingerprint density at radius 2 is 2.18 bits per heavy atom. The van der Waals surface area contributed by atoms with Crippen LogP contribution in [0.5, 0.6) is 0 Å². The van der Waals surface area contributed by atoms with Gasteiger partial charge in [-0.2, -0.15) is 5.10 Å². The van der Waals surface area contributed by atoms with Gasteiger partial charge >= 0.3 is 0 Å². The molecule has 0 atom stereocenters. The average Bonchev–Trinajstić information content (AvgIpc) is 2.91. The summed E-state index contributed by atoms with van der Waals surface area (Å²) in [5.41, 5.74) is 1.82. The number of amides is 1. The summed E-state index contributed by atoms with van der Waals surface area (Å²) in [6, 6.07) is 6.24. The van der Waals surface area contributed by atoms with Crippen LogP contribution >= 0.6 is 0 Å². The minimum Gasteiger partial charge on any atom is -0.326 e. The first kappa shape index (κ1) is 15.0. The number of fused-ring (bicyclic) bond motifs is 1. The average molecular weight is 300 g/mol. The lowest BCUT2D eigenvalue weighted by Crippen LogP contribution is -2.30. The zero-order valence-electron chi connectivity index (χ0n) is 13.3. The first-order valence-electron chi connectivity index (χ1n) is 8.11. The zero-order valence-corrected chi connectivity index (χ0v) is 13.3. The lowest BCUT2D eigenvalue weighted by molar-refractivity contribution is -0.117.